The van der Waals surface area contributed by atoms with Crippen molar-refractivity contribution in [1.29, 1.82) is 0 Å². The van der Waals surface area contributed by atoms with E-state index in [1.165, 1.54) is 0 Å². The van der Waals surface area contributed by atoms with Gasteiger partial charge in [-0.25, -0.2) is 0 Å². The van der Waals surface area contributed by atoms with Gasteiger partial charge >= 0.3 is 0 Å². The van der Waals surface area contributed by atoms with Crippen LogP contribution in [0, 0.1) is 0 Å². The number of ether oxygens (including phenoxy) is 1. The van der Waals surface area contributed by atoms with Gasteiger partial charge in [-0.15, -0.1) is 0 Å². The van der Waals surface area contributed by atoms with Gasteiger partial charge in [0.15, 0.2) is 0 Å². The Morgan fingerprint density at radius 3 is 2.53 bits per heavy atom. The molecule has 0 N–H and O–H groups in total. The summed E-state index contributed by atoms with van der Waals surface area (Å²) in [5, 5.41) is 0.718. The Morgan fingerprint density at radius 2 is 2.00 bits per heavy atom. The van der Waals surface area contributed by atoms with Crippen LogP contribution in [0.25, 0.3) is 0 Å². The third kappa shape index (κ3) is 4.96. The van der Waals surface area contributed by atoms with E-state index in [0.717, 1.165) is 10.6 Å². The van der Waals surface area contributed by atoms with Crippen molar-refractivity contribution >= 4 is 17.4 Å². The molecule has 0 saturated carbocycles. The van der Waals surface area contributed by atoms with Crippen molar-refractivity contribution in [3.8, 4) is 0 Å². The molecule has 1 aromatic rings. The Hall–Kier alpha value is -0.860. The van der Waals surface area contributed by atoms with Crippen LogP contribution in [0.1, 0.15) is 25.8 Å². The SMILES string of the molecule is CC(=O)CC(C)OCc1ccc(Cl)cc1. The fraction of sp³-hybridized carbons (Fsp3) is 0.417. The van der Waals surface area contributed by atoms with Crippen molar-refractivity contribution in [2.75, 3.05) is 0 Å². The normalized spacial score (nSPS) is 12.5. The van der Waals surface area contributed by atoms with Crippen LogP contribution in [0.15, 0.2) is 24.3 Å². The molecule has 0 aromatic heterocycles. The van der Waals surface area contributed by atoms with E-state index in [0.29, 0.717) is 13.0 Å². The quantitative estimate of drug-likeness (QED) is 0.771. The molecule has 0 bridgehead atoms. The van der Waals surface area contributed by atoms with E-state index in [1.807, 2.05) is 31.2 Å². The first kappa shape index (κ1) is 12.2. The number of halogens is 1. The van der Waals surface area contributed by atoms with Crippen LogP contribution in [0.3, 0.4) is 0 Å². The summed E-state index contributed by atoms with van der Waals surface area (Å²) in [4.78, 5) is 10.8. The smallest absolute Gasteiger partial charge is 0.132 e. The van der Waals surface area contributed by atoms with Gasteiger partial charge in [-0.05, 0) is 31.5 Å². The van der Waals surface area contributed by atoms with E-state index in [1.54, 1.807) is 6.92 Å². The molecule has 0 saturated heterocycles. The lowest BCUT2D eigenvalue weighted by atomic mass is 10.2. The Morgan fingerprint density at radius 1 is 1.40 bits per heavy atom. The van der Waals surface area contributed by atoms with Crippen molar-refractivity contribution in [2.24, 2.45) is 0 Å². The maximum Gasteiger partial charge on any atom is 0.132 e. The minimum atomic E-state index is -0.0295. The molecule has 0 radical (unpaired) electrons. The number of hydrogen-bond donors (Lipinski definition) is 0. The van der Waals surface area contributed by atoms with Crippen molar-refractivity contribution in [1.82, 2.24) is 0 Å². The van der Waals surface area contributed by atoms with E-state index >= 15 is 0 Å². The van der Waals surface area contributed by atoms with Crippen LogP contribution in [-0.2, 0) is 16.1 Å². The van der Waals surface area contributed by atoms with Gasteiger partial charge in [0, 0.05) is 11.4 Å². The third-order valence-electron chi connectivity index (χ3n) is 2.02. The lowest BCUT2D eigenvalue weighted by Crippen LogP contribution is -2.12. The van der Waals surface area contributed by atoms with Gasteiger partial charge in [-0.2, -0.15) is 0 Å². The molecule has 1 rings (SSSR count). The number of Topliss-reactive ketones (excluding diaryl/α,β-unsaturated/α-hetero) is 1. The molecule has 3 heteroatoms. The third-order valence-corrected chi connectivity index (χ3v) is 2.27. The van der Waals surface area contributed by atoms with E-state index in [-0.39, 0.29) is 11.9 Å². The van der Waals surface area contributed by atoms with E-state index in [4.69, 9.17) is 16.3 Å². The molecular formula is C12H15ClO2. The molecule has 15 heavy (non-hydrogen) atoms. The summed E-state index contributed by atoms with van der Waals surface area (Å²) < 4.78 is 5.51. The average Bonchev–Trinajstić information content (AvgIpc) is 2.16. The number of benzene rings is 1. The van der Waals surface area contributed by atoms with Gasteiger partial charge < -0.3 is 4.74 Å². The number of hydrogen-bond acceptors (Lipinski definition) is 2. The van der Waals surface area contributed by atoms with E-state index in [2.05, 4.69) is 0 Å². The first-order valence-electron chi connectivity index (χ1n) is 4.93. The molecule has 0 spiro atoms. The molecule has 0 heterocycles. The summed E-state index contributed by atoms with van der Waals surface area (Å²) in [5.74, 6) is 0.151. The second kappa shape index (κ2) is 5.89. The monoisotopic (exact) mass is 226 g/mol. The van der Waals surface area contributed by atoms with Crippen LogP contribution >= 0.6 is 11.6 Å². The Kier molecular flexibility index (Phi) is 4.79. The Labute approximate surface area is 95.2 Å². The molecule has 1 unspecified atom stereocenters. The topological polar surface area (TPSA) is 26.3 Å². The van der Waals surface area contributed by atoms with Gasteiger partial charge in [0.25, 0.3) is 0 Å². The van der Waals surface area contributed by atoms with Crippen LogP contribution in [0.2, 0.25) is 5.02 Å². The largest absolute Gasteiger partial charge is 0.373 e. The first-order chi connectivity index (χ1) is 7.08. The highest BCUT2D eigenvalue weighted by molar-refractivity contribution is 6.30. The summed E-state index contributed by atoms with van der Waals surface area (Å²) >= 11 is 5.76. The molecule has 1 aromatic carbocycles. The van der Waals surface area contributed by atoms with Gasteiger partial charge in [0.05, 0.1) is 12.7 Å². The molecule has 0 amide bonds. The molecule has 82 valence electrons. The van der Waals surface area contributed by atoms with Gasteiger partial charge in [0.2, 0.25) is 0 Å². The van der Waals surface area contributed by atoms with Crippen LogP contribution < -0.4 is 0 Å². The van der Waals surface area contributed by atoms with Gasteiger partial charge in [-0.1, -0.05) is 23.7 Å². The highest BCUT2D eigenvalue weighted by Crippen LogP contribution is 2.11. The zero-order valence-electron chi connectivity index (χ0n) is 9.00. The number of carbonyl (C=O) groups excluding carboxylic acids is 1. The number of ketones is 1. The van der Waals surface area contributed by atoms with Crippen LogP contribution in [0.4, 0.5) is 0 Å². The van der Waals surface area contributed by atoms with Crippen molar-refractivity contribution < 1.29 is 9.53 Å². The zero-order chi connectivity index (χ0) is 11.3. The highest BCUT2D eigenvalue weighted by Gasteiger charge is 2.05. The first-order valence-corrected chi connectivity index (χ1v) is 5.31. The van der Waals surface area contributed by atoms with Gasteiger partial charge in [-0.3, -0.25) is 4.79 Å². The molecule has 0 aliphatic carbocycles. The molecule has 0 aliphatic heterocycles. The highest BCUT2D eigenvalue weighted by atomic mass is 35.5. The summed E-state index contributed by atoms with van der Waals surface area (Å²) in [7, 11) is 0. The second-order valence-electron chi connectivity index (χ2n) is 3.65. The second-order valence-corrected chi connectivity index (χ2v) is 4.09. The van der Waals surface area contributed by atoms with E-state index < -0.39 is 0 Å². The molecule has 2 nitrogen and oxygen atoms in total. The zero-order valence-corrected chi connectivity index (χ0v) is 9.75. The lowest BCUT2D eigenvalue weighted by molar-refractivity contribution is -0.119. The lowest BCUT2D eigenvalue weighted by Gasteiger charge is -2.11. The summed E-state index contributed by atoms with van der Waals surface area (Å²) in [6.45, 7) is 3.99. The fourth-order valence-electron chi connectivity index (χ4n) is 1.28. The predicted molar refractivity (Wildman–Crippen MR) is 61.0 cm³/mol. The molecule has 0 fully saturated rings. The van der Waals surface area contributed by atoms with Crippen molar-refractivity contribution in [3.63, 3.8) is 0 Å². The van der Waals surface area contributed by atoms with Gasteiger partial charge in [0.1, 0.15) is 5.78 Å². The van der Waals surface area contributed by atoms with Crippen molar-refractivity contribution in [3.05, 3.63) is 34.9 Å². The predicted octanol–water partition coefficient (Wildman–Crippen LogP) is 3.22. The minimum Gasteiger partial charge on any atom is -0.373 e. The Balaban J connectivity index is 2.36. The van der Waals surface area contributed by atoms with E-state index in [9.17, 15) is 4.79 Å². The maximum atomic E-state index is 10.8. The molecule has 0 aliphatic rings. The Bertz CT molecular complexity index is 319. The summed E-state index contributed by atoms with van der Waals surface area (Å²) in [6.07, 6.45) is 0.436. The number of rotatable bonds is 5. The average molecular weight is 227 g/mol. The number of carbonyl (C=O) groups is 1. The fourth-order valence-corrected chi connectivity index (χ4v) is 1.41. The van der Waals surface area contributed by atoms with Crippen LogP contribution in [-0.4, -0.2) is 11.9 Å². The molecule has 1 atom stereocenters. The van der Waals surface area contributed by atoms with Crippen LogP contribution in [0.5, 0.6) is 0 Å². The summed E-state index contributed by atoms with van der Waals surface area (Å²) in [5.41, 5.74) is 1.06. The minimum absolute atomic E-state index is 0.0295. The molecular weight excluding hydrogens is 212 g/mol. The summed E-state index contributed by atoms with van der Waals surface area (Å²) in [6, 6.07) is 7.50. The standard InChI is InChI=1S/C12H15ClO2/c1-9(14)7-10(2)15-8-11-3-5-12(13)6-4-11/h3-6,10H,7-8H2,1-2H3. The van der Waals surface area contributed by atoms with Crippen molar-refractivity contribution in [2.45, 2.75) is 33.0 Å². The maximum absolute atomic E-state index is 10.8.